The predicted molar refractivity (Wildman–Crippen MR) is 95.0 cm³/mol. The molecule has 1 N–H and O–H groups in total. The fourth-order valence-corrected chi connectivity index (χ4v) is 3.40. The lowest BCUT2D eigenvalue weighted by Crippen LogP contribution is -2.38. The molecule has 1 aliphatic rings. The van der Waals surface area contributed by atoms with Crippen molar-refractivity contribution in [2.45, 2.75) is 77.7 Å². The summed E-state index contributed by atoms with van der Waals surface area (Å²) in [4.78, 5) is 12.1. The van der Waals surface area contributed by atoms with E-state index in [-0.39, 0.29) is 12.5 Å². The minimum atomic E-state index is 0.00108. The maximum atomic E-state index is 12.1. The zero-order valence-corrected chi connectivity index (χ0v) is 14.9. The van der Waals surface area contributed by atoms with E-state index in [0.717, 1.165) is 18.6 Å². The molecule has 0 aromatic heterocycles. The summed E-state index contributed by atoms with van der Waals surface area (Å²) in [5, 5.41) is 3.14. The molecule has 0 saturated heterocycles. The topological polar surface area (TPSA) is 38.3 Å². The summed E-state index contributed by atoms with van der Waals surface area (Å²) in [5.74, 6) is 1.28. The van der Waals surface area contributed by atoms with E-state index in [1.807, 2.05) is 12.1 Å². The summed E-state index contributed by atoms with van der Waals surface area (Å²) in [5.41, 5.74) is 2.55. The van der Waals surface area contributed by atoms with Gasteiger partial charge in [0.25, 0.3) is 5.91 Å². The van der Waals surface area contributed by atoms with Gasteiger partial charge < -0.3 is 10.1 Å². The van der Waals surface area contributed by atoms with Crippen molar-refractivity contribution < 1.29 is 9.53 Å². The molecule has 3 heteroatoms. The molecule has 3 nitrogen and oxygen atoms in total. The number of aryl methyl sites for hydroxylation is 1. The van der Waals surface area contributed by atoms with Crippen LogP contribution in [0.15, 0.2) is 18.2 Å². The Labute approximate surface area is 140 Å². The Morgan fingerprint density at radius 3 is 2.43 bits per heavy atom. The smallest absolute Gasteiger partial charge is 0.258 e. The van der Waals surface area contributed by atoms with E-state index in [1.165, 1.54) is 43.2 Å². The van der Waals surface area contributed by atoms with Gasteiger partial charge in [0.15, 0.2) is 6.61 Å². The molecule has 1 aromatic rings. The van der Waals surface area contributed by atoms with Gasteiger partial charge in [-0.2, -0.15) is 0 Å². The number of nitrogens with one attached hydrogen (secondary N) is 1. The Morgan fingerprint density at radius 2 is 1.83 bits per heavy atom. The van der Waals surface area contributed by atoms with Crippen LogP contribution in [-0.2, 0) is 4.79 Å². The fourth-order valence-electron chi connectivity index (χ4n) is 3.40. The highest BCUT2D eigenvalue weighted by Crippen LogP contribution is 2.23. The normalized spacial score (nSPS) is 16.7. The molecule has 1 fully saturated rings. The molecule has 1 amide bonds. The second-order valence-electron chi connectivity index (χ2n) is 7.07. The maximum Gasteiger partial charge on any atom is 0.258 e. The number of carbonyl (C=O) groups is 1. The first-order valence-electron chi connectivity index (χ1n) is 9.09. The summed E-state index contributed by atoms with van der Waals surface area (Å²) >= 11 is 0. The molecule has 2 rings (SSSR count). The van der Waals surface area contributed by atoms with Crippen molar-refractivity contribution >= 4 is 5.91 Å². The van der Waals surface area contributed by atoms with Crippen LogP contribution in [0.3, 0.4) is 0 Å². The third kappa shape index (κ3) is 5.89. The van der Waals surface area contributed by atoms with Crippen molar-refractivity contribution in [3.05, 3.63) is 29.3 Å². The van der Waals surface area contributed by atoms with Crippen molar-refractivity contribution in [2.75, 3.05) is 6.61 Å². The second kappa shape index (κ2) is 8.95. The van der Waals surface area contributed by atoms with Crippen LogP contribution in [0.25, 0.3) is 0 Å². The van der Waals surface area contributed by atoms with Gasteiger partial charge in [-0.25, -0.2) is 0 Å². The number of rotatable bonds is 5. The van der Waals surface area contributed by atoms with Crippen LogP contribution in [0.1, 0.15) is 75.8 Å². The first kappa shape index (κ1) is 17.8. The Hall–Kier alpha value is -1.51. The minimum Gasteiger partial charge on any atom is -0.484 e. The van der Waals surface area contributed by atoms with E-state index in [1.54, 1.807) is 0 Å². The first-order valence-corrected chi connectivity index (χ1v) is 9.09. The van der Waals surface area contributed by atoms with Crippen LogP contribution >= 0.6 is 0 Å². The molecule has 1 aliphatic carbocycles. The van der Waals surface area contributed by atoms with E-state index in [0.29, 0.717) is 12.0 Å². The molecule has 0 unspecified atom stereocenters. The lowest BCUT2D eigenvalue weighted by Gasteiger charge is -2.21. The molecule has 0 radical (unpaired) electrons. The molecular formula is C20H31NO2. The third-order valence-corrected chi connectivity index (χ3v) is 4.70. The van der Waals surface area contributed by atoms with E-state index in [9.17, 15) is 4.79 Å². The van der Waals surface area contributed by atoms with Crippen LogP contribution in [0.5, 0.6) is 5.75 Å². The van der Waals surface area contributed by atoms with Crippen molar-refractivity contribution in [3.8, 4) is 5.75 Å². The summed E-state index contributed by atoms with van der Waals surface area (Å²) in [7, 11) is 0. The first-order chi connectivity index (χ1) is 11.1. The molecule has 0 aliphatic heterocycles. The van der Waals surface area contributed by atoms with E-state index >= 15 is 0 Å². The van der Waals surface area contributed by atoms with Crippen LogP contribution in [0.2, 0.25) is 0 Å². The molecular weight excluding hydrogens is 286 g/mol. The highest BCUT2D eigenvalue weighted by atomic mass is 16.5. The van der Waals surface area contributed by atoms with Gasteiger partial charge >= 0.3 is 0 Å². The number of benzene rings is 1. The van der Waals surface area contributed by atoms with Gasteiger partial charge in [0, 0.05) is 6.04 Å². The SMILES string of the molecule is Cc1cc(OCC(=O)NC2CCCCCCC2)ccc1C(C)C. The monoisotopic (exact) mass is 317 g/mol. The average molecular weight is 317 g/mol. The van der Waals surface area contributed by atoms with Crippen LogP contribution < -0.4 is 10.1 Å². The Balaban J connectivity index is 1.80. The zero-order valence-electron chi connectivity index (χ0n) is 14.9. The molecule has 128 valence electrons. The molecule has 23 heavy (non-hydrogen) atoms. The van der Waals surface area contributed by atoms with Gasteiger partial charge in [0.2, 0.25) is 0 Å². The van der Waals surface area contributed by atoms with Gasteiger partial charge in [-0.05, 0) is 48.9 Å². The lowest BCUT2D eigenvalue weighted by atomic mass is 9.97. The van der Waals surface area contributed by atoms with Crippen molar-refractivity contribution in [1.82, 2.24) is 5.32 Å². The van der Waals surface area contributed by atoms with E-state index in [2.05, 4.69) is 32.2 Å². The Kier molecular flexibility index (Phi) is 6.94. The van der Waals surface area contributed by atoms with E-state index < -0.39 is 0 Å². The number of hydrogen-bond donors (Lipinski definition) is 1. The Bertz CT molecular complexity index is 502. The summed E-state index contributed by atoms with van der Waals surface area (Å²) in [6.07, 6.45) is 8.59. The molecule has 0 atom stereocenters. The molecule has 0 heterocycles. The fraction of sp³-hybridized carbons (Fsp3) is 0.650. The number of hydrogen-bond acceptors (Lipinski definition) is 2. The minimum absolute atomic E-state index is 0.00108. The lowest BCUT2D eigenvalue weighted by molar-refractivity contribution is -0.123. The zero-order chi connectivity index (χ0) is 16.7. The summed E-state index contributed by atoms with van der Waals surface area (Å²) in [6, 6.07) is 6.42. The van der Waals surface area contributed by atoms with Crippen LogP contribution in [0.4, 0.5) is 0 Å². The number of ether oxygens (including phenoxy) is 1. The second-order valence-corrected chi connectivity index (χ2v) is 7.07. The average Bonchev–Trinajstić information content (AvgIpc) is 2.47. The van der Waals surface area contributed by atoms with Gasteiger partial charge in [-0.3, -0.25) is 4.79 Å². The van der Waals surface area contributed by atoms with Crippen LogP contribution in [0, 0.1) is 6.92 Å². The third-order valence-electron chi connectivity index (χ3n) is 4.70. The van der Waals surface area contributed by atoms with Gasteiger partial charge in [-0.15, -0.1) is 0 Å². The van der Waals surface area contributed by atoms with Gasteiger partial charge in [-0.1, -0.05) is 52.0 Å². The maximum absolute atomic E-state index is 12.1. The van der Waals surface area contributed by atoms with Crippen molar-refractivity contribution in [1.29, 1.82) is 0 Å². The highest BCUT2D eigenvalue weighted by molar-refractivity contribution is 5.77. The van der Waals surface area contributed by atoms with Crippen molar-refractivity contribution in [3.63, 3.8) is 0 Å². The van der Waals surface area contributed by atoms with Gasteiger partial charge in [0.05, 0.1) is 0 Å². The van der Waals surface area contributed by atoms with Crippen molar-refractivity contribution in [2.24, 2.45) is 0 Å². The molecule has 1 saturated carbocycles. The van der Waals surface area contributed by atoms with E-state index in [4.69, 9.17) is 4.74 Å². The summed E-state index contributed by atoms with van der Waals surface area (Å²) in [6.45, 7) is 6.57. The van der Waals surface area contributed by atoms with Gasteiger partial charge in [0.1, 0.15) is 5.75 Å². The quantitative estimate of drug-likeness (QED) is 0.853. The number of amides is 1. The molecule has 0 spiro atoms. The van der Waals surface area contributed by atoms with Crippen LogP contribution in [-0.4, -0.2) is 18.6 Å². The molecule has 1 aromatic carbocycles. The Morgan fingerprint density at radius 1 is 1.17 bits per heavy atom. The summed E-state index contributed by atoms with van der Waals surface area (Å²) < 4.78 is 5.67. The predicted octanol–water partition coefficient (Wildman–Crippen LogP) is 4.73. The molecule has 0 bridgehead atoms. The highest BCUT2D eigenvalue weighted by Gasteiger charge is 2.14. The largest absolute Gasteiger partial charge is 0.484 e. The number of carbonyl (C=O) groups excluding carboxylic acids is 1. The standard InChI is InChI=1S/C20H31NO2/c1-15(2)19-12-11-18(13-16(19)3)23-14-20(22)21-17-9-7-5-4-6-8-10-17/h11-13,15,17H,4-10,14H2,1-3H3,(H,21,22).